The molecule has 3 heteroatoms. The van der Waals surface area contributed by atoms with Gasteiger partial charge in [0.1, 0.15) is 0 Å². The Bertz CT molecular complexity index is 273. The fraction of sp³-hybridized carbons (Fsp3) is 0.600. The molecular weight excluding hydrogens is 164 g/mol. The topological polar surface area (TPSA) is 44.1 Å². The molecule has 1 aliphatic rings. The lowest BCUT2D eigenvalue weighted by Crippen LogP contribution is -2.37. The van der Waals surface area contributed by atoms with Crippen molar-refractivity contribution < 1.29 is 4.79 Å². The Labute approximate surface area is 78.6 Å². The van der Waals surface area contributed by atoms with Crippen molar-refractivity contribution in [3.63, 3.8) is 0 Å². The first-order valence-corrected chi connectivity index (χ1v) is 4.53. The minimum Gasteiger partial charge on any atom is -0.338 e. The summed E-state index contributed by atoms with van der Waals surface area (Å²) in [6.07, 6.45) is 2.54. The number of nitrogens with zero attached hydrogens (tertiary/aromatic N) is 2. The van der Waals surface area contributed by atoms with E-state index < -0.39 is 0 Å². The number of hydrogen-bond donors (Lipinski definition) is 0. The van der Waals surface area contributed by atoms with Gasteiger partial charge in [0.05, 0.1) is 6.07 Å². The van der Waals surface area contributed by atoms with Gasteiger partial charge in [-0.05, 0) is 6.42 Å². The summed E-state index contributed by atoms with van der Waals surface area (Å²) in [5.41, 5.74) is 0.799. The fourth-order valence-corrected chi connectivity index (χ4v) is 1.34. The third-order valence-corrected chi connectivity index (χ3v) is 2.16. The summed E-state index contributed by atoms with van der Waals surface area (Å²) < 4.78 is 0. The van der Waals surface area contributed by atoms with Crippen molar-refractivity contribution in [1.82, 2.24) is 4.90 Å². The average Bonchev–Trinajstić information content (AvgIpc) is 2.17. The Kier molecular flexibility index (Phi) is 3.07. The van der Waals surface area contributed by atoms with E-state index in [-0.39, 0.29) is 11.8 Å². The average molecular weight is 178 g/mol. The highest BCUT2D eigenvalue weighted by Gasteiger charge is 2.18. The van der Waals surface area contributed by atoms with Crippen molar-refractivity contribution in [2.24, 2.45) is 5.92 Å². The number of amides is 1. The van der Waals surface area contributed by atoms with Gasteiger partial charge in [-0.3, -0.25) is 4.79 Å². The molecule has 0 fully saturated rings. The summed E-state index contributed by atoms with van der Waals surface area (Å²) in [7, 11) is 0. The molecule has 0 atom stereocenters. The molecule has 1 rings (SSSR count). The van der Waals surface area contributed by atoms with Crippen molar-refractivity contribution in [3.8, 4) is 6.07 Å². The molecule has 1 aliphatic heterocycles. The van der Waals surface area contributed by atoms with E-state index in [9.17, 15) is 4.79 Å². The second-order valence-corrected chi connectivity index (χ2v) is 3.53. The van der Waals surface area contributed by atoms with E-state index in [1.807, 2.05) is 19.9 Å². The van der Waals surface area contributed by atoms with Gasteiger partial charge in [0.25, 0.3) is 0 Å². The molecule has 0 unspecified atom stereocenters. The molecule has 0 N–H and O–H groups in total. The molecule has 0 aromatic carbocycles. The Balaban J connectivity index is 2.56. The Morgan fingerprint density at radius 2 is 2.38 bits per heavy atom. The summed E-state index contributed by atoms with van der Waals surface area (Å²) in [6.45, 7) is 5.08. The van der Waals surface area contributed by atoms with E-state index in [1.165, 1.54) is 0 Å². The Morgan fingerprint density at radius 3 is 2.77 bits per heavy atom. The second kappa shape index (κ2) is 4.08. The van der Waals surface area contributed by atoms with Crippen LogP contribution in [0.15, 0.2) is 11.6 Å². The first kappa shape index (κ1) is 9.79. The highest BCUT2D eigenvalue weighted by Crippen LogP contribution is 2.12. The van der Waals surface area contributed by atoms with E-state index >= 15 is 0 Å². The van der Waals surface area contributed by atoms with Crippen LogP contribution in [0.4, 0.5) is 0 Å². The summed E-state index contributed by atoms with van der Waals surface area (Å²) >= 11 is 0. The van der Waals surface area contributed by atoms with Crippen LogP contribution in [0.1, 0.15) is 20.3 Å². The van der Waals surface area contributed by atoms with Crippen LogP contribution in [-0.4, -0.2) is 23.9 Å². The van der Waals surface area contributed by atoms with Crippen LogP contribution in [0.2, 0.25) is 0 Å². The van der Waals surface area contributed by atoms with Crippen molar-refractivity contribution >= 4 is 5.91 Å². The molecule has 1 heterocycles. The van der Waals surface area contributed by atoms with E-state index in [2.05, 4.69) is 6.07 Å². The van der Waals surface area contributed by atoms with Crippen molar-refractivity contribution in [2.75, 3.05) is 13.1 Å². The van der Waals surface area contributed by atoms with Crippen LogP contribution >= 0.6 is 0 Å². The summed E-state index contributed by atoms with van der Waals surface area (Å²) in [4.78, 5) is 13.3. The molecule has 0 radical (unpaired) electrons. The molecule has 0 saturated carbocycles. The van der Waals surface area contributed by atoms with Crippen LogP contribution in [0.3, 0.4) is 0 Å². The van der Waals surface area contributed by atoms with E-state index in [0.29, 0.717) is 19.5 Å². The van der Waals surface area contributed by atoms with Crippen LogP contribution < -0.4 is 0 Å². The van der Waals surface area contributed by atoms with E-state index in [0.717, 1.165) is 5.57 Å². The third kappa shape index (κ3) is 2.32. The lowest BCUT2D eigenvalue weighted by molar-refractivity contribution is -0.134. The fourth-order valence-electron chi connectivity index (χ4n) is 1.34. The van der Waals surface area contributed by atoms with Gasteiger partial charge in [-0.25, -0.2) is 0 Å². The SMILES string of the molecule is CC(C)C(=O)N1CC=C(C#N)CC1. The Morgan fingerprint density at radius 1 is 1.69 bits per heavy atom. The molecule has 0 saturated heterocycles. The van der Waals surface area contributed by atoms with Crippen LogP contribution in [0.25, 0.3) is 0 Å². The molecular formula is C10H14N2O. The number of carbonyl (C=O) groups is 1. The molecule has 3 nitrogen and oxygen atoms in total. The summed E-state index contributed by atoms with van der Waals surface area (Å²) in [6, 6.07) is 2.12. The number of nitriles is 1. The monoisotopic (exact) mass is 178 g/mol. The van der Waals surface area contributed by atoms with Gasteiger partial charge in [-0.15, -0.1) is 0 Å². The van der Waals surface area contributed by atoms with Gasteiger partial charge < -0.3 is 4.90 Å². The van der Waals surface area contributed by atoms with Gasteiger partial charge in [-0.2, -0.15) is 5.26 Å². The van der Waals surface area contributed by atoms with Crippen LogP contribution in [0, 0.1) is 17.2 Å². The van der Waals surface area contributed by atoms with Crippen molar-refractivity contribution in [1.29, 1.82) is 5.26 Å². The number of rotatable bonds is 1. The first-order chi connectivity index (χ1) is 6.15. The Hall–Kier alpha value is -1.30. The van der Waals surface area contributed by atoms with Gasteiger partial charge in [0.2, 0.25) is 5.91 Å². The quantitative estimate of drug-likeness (QED) is 0.608. The molecule has 70 valence electrons. The molecule has 0 aromatic rings. The van der Waals surface area contributed by atoms with Crippen LogP contribution in [0.5, 0.6) is 0 Å². The van der Waals surface area contributed by atoms with E-state index in [4.69, 9.17) is 5.26 Å². The number of carbonyl (C=O) groups excluding carboxylic acids is 1. The molecule has 0 aliphatic carbocycles. The largest absolute Gasteiger partial charge is 0.338 e. The lowest BCUT2D eigenvalue weighted by Gasteiger charge is -2.26. The third-order valence-electron chi connectivity index (χ3n) is 2.16. The second-order valence-electron chi connectivity index (χ2n) is 3.53. The maximum atomic E-state index is 11.5. The van der Waals surface area contributed by atoms with E-state index in [1.54, 1.807) is 4.90 Å². The zero-order valence-electron chi connectivity index (χ0n) is 8.08. The normalized spacial score (nSPS) is 16.8. The molecule has 0 bridgehead atoms. The predicted octanol–water partition coefficient (Wildman–Crippen LogP) is 1.32. The smallest absolute Gasteiger partial charge is 0.225 e. The van der Waals surface area contributed by atoms with Crippen LogP contribution in [-0.2, 0) is 4.79 Å². The highest BCUT2D eigenvalue weighted by atomic mass is 16.2. The minimum atomic E-state index is 0.0528. The van der Waals surface area contributed by atoms with Crippen molar-refractivity contribution in [3.05, 3.63) is 11.6 Å². The zero-order valence-corrected chi connectivity index (χ0v) is 8.08. The molecule has 0 spiro atoms. The minimum absolute atomic E-state index is 0.0528. The summed E-state index contributed by atoms with van der Waals surface area (Å²) in [5.74, 6) is 0.227. The van der Waals surface area contributed by atoms with Crippen molar-refractivity contribution in [2.45, 2.75) is 20.3 Å². The first-order valence-electron chi connectivity index (χ1n) is 4.53. The zero-order chi connectivity index (χ0) is 9.84. The molecule has 13 heavy (non-hydrogen) atoms. The summed E-state index contributed by atoms with van der Waals surface area (Å²) in [5, 5.41) is 8.60. The number of hydrogen-bond acceptors (Lipinski definition) is 2. The van der Waals surface area contributed by atoms with Gasteiger partial charge in [-0.1, -0.05) is 19.9 Å². The molecule has 0 aromatic heterocycles. The van der Waals surface area contributed by atoms with Gasteiger partial charge >= 0.3 is 0 Å². The predicted molar refractivity (Wildman–Crippen MR) is 49.7 cm³/mol. The molecule has 1 amide bonds. The maximum absolute atomic E-state index is 11.5. The highest BCUT2D eigenvalue weighted by molar-refractivity contribution is 5.78. The lowest BCUT2D eigenvalue weighted by atomic mass is 10.1. The standard InChI is InChI=1S/C10H14N2O/c1-8(2)10(13)12-5-3-9(7-11)4-6-12/h3,8H,4-6H2,1-2H3. The van der Waals surface area contributed by atoms with Gasteiger partial charge in [0.15, 0.2) is 0 Å². The van der Waals surface area contributed by atoms with Gasteiger partial charge in [0, 0.05) is 24.6 Å². The maximum Gasteiger partial charge on any atom is 0.225 e.